The predicted molar refractivity (Wildman–Crippen MR) is 86.2 cm³/mol. The maximum Gasteiger partial charge on any atom is 0.144 e. The Morgan fingerprint density at radius 2 is 1.85 bits per heavy atom. The molecule has 2 aliphatic rings. The molecule has 4 heteroatoms. The van der Waals surface area contributed by atoms with Gasteiger partial charge in [-0.25, -0.2) is 9.97 Å². The summed E-state index contributed by atoms with van der Waals surface area (Å²) < 4.78 is 1.09. The molecule has 1 heterocycles. The van der Waals surface area contributed by atoms with Crippen molar-refractivity contribution in [1.29, 1.82) is 0 Å². The zero-order valence-electron chi connectivity index (χ0n) is 12.5. The van der Waals surface area contributed by atoms with Crippen LogP contribution in [0.25, 0.3) is 0 Å². The minimum Gasteiger partial charge on any atom is -0.369 e. The Balaban J connectivity index is 1.90. The van der Waals surface area contributed by atoms with Crippen molar-refractivity contribution in [2.45, 2.75) is 64.2 Å². The lowest BCUT2D eigenvalue weighted by molar-refractivity contribution is 0.516. The summed E-state index contributed by atoms with van der Waals surface area (Å²) in [5.41, 5.74) is 1.24. The van der Waals surface area contributed by atoms with Gasteiger partial charge in [0, 0.05) is 18.4 Å². The van der Waals surface area contributed by atoms with Crippen molar-refractivity contribution >= 4 is 21.7 Å². The molecule has 20 heavy (non-hydrogen) atoms. The third kappa shape index (κ3) is 2.85. The van der Waals surface area contributed by atoms with E-state index in [0.717, 1.165) is 28.6 Å². The smallest absolute Gasteiger partial charge is 0.144 e. The van der Waals surface area contributed by atoms with Gasteiger partial charge in [0.25, 0.3) is 0 Å². The molecular weight excluding hydrogens is 314 g/mol. The highest BCUT2D eigenvalue weighted by molar-refractivity contribution is 9.10. The van der Waals surface area contributed by atoms with Gasteiger partial charge in [-0.15, -0.1) is 0 Å². The van der Waals surface area contributed by atoms with Crippen LogP contribution in [0.4, 0.5) is 5.82 Å². The van der Waals surface area contributed by atoms with Gasteiger partial charge in [0.2, 0.25) is 0 Å². The molecule has 2 fully saturated rings. The third-order valence-electron chi connectivity index (χ3n) is 4.69. The fourth-order valence-corrected chi connectivity index (χ4v) is 3.90. The van der Waals surface area contributed by atoms with Crippen LogP contribution in [-0.2, 0) is 0 Å². The van der Waals surface area contributed by atoms with Crippen LogP contribution in [0, 0.1) is 5.92 Å². The van der Waals surface area contributed by atoms with Gasteiger partial charge in [-0.1, -0.05) is 13.3 Å². The number of hydrogen-bond donors (Lipinski definition) is 1. The quantitative estimate of drug-likeness (QED) is 0.835. The van der Waals surface area contributed by atoms with Crippen molar-refractivity contribution in [3.05, 3.63) is 16.0 Å². The highest BCUT2D eigenvalue weighted by atomic mass is 79.9. The molecule has 3 nitrogen and oxygen atoms in total. The molecule has 2 unspecified atom stereocenters. The van der Waals surface area contributed by atoms with Crippen molar-refractivity contribution in [1.82, 2.24) is 9.97 Å². The third-order valence-corrected chi connectivity index (χ3v) is 5.47. The monoisotopic (exact) mass is 337 g/mol. The zero-order valence-corrected chi connectivity index (χ0v) is 14.0. The van der Waals surface area contributed by atoms with Crippen LogP contribution in [-0.4, -0.2) is 16.5 Å². The van der Waals surface area contributed by atoms with Gasteiger partial charge in [-0.2, -0.15) is 0 Å². The van der Waals surface area contributed by atoms with Crippen LogP contribution in [0.3, 0.4) is 0 Å². The SMILES string of the molecule is CCNc1nc(C2CCC(CC)C2)nc(C2CC2)c1Br. The van der Waals surface area contributed by atoms with E-state index in [1.54, 1.807) is 0 Å². The van der Waals surface area contributed by atoms with Crippen LogP contribution < -0.4 is 5.32 Å². The van der Waals surface area contributed by atoms with Gasteiger partial charge in [0.1, 0.15) is 11.6 Å². The molecule has 0 amide bonds. The lowest BCUT2D eigenvalue weighted by Crippen LogP contribution is -2.10. The molecular formula is C16H24BrN3. The summed E-state index contributed by atoms with van der Waals surface area (Å²) in [5.74, 6) is 4.19. The average molecular weight is 338 g/mol. The van der Waals surface area contributed by atoms with Gasteiger partial charge in [-0.3, -0.25) is 0 Å². The molecule has 2 saturated carbocycles. The molecule has 1 N–H and O–H groups in total. The fraction of sp³-hybridized carbons (Fsp3) is 0.750. The Hall–Kier alpha value is -0.640. The normalized spacial score (nSPS) is 25.9. The van der Waals surface area contributed by atoms with Crippen molar-refractivity contribution in [2.24, 2.45) is 5.92 Å². The summed E-state index contributed by atoms with van der Waals surface area (Å²) in [4.78, 5) is 9.74. The van der Waals surface area contributed by atoms with E-state index in [2.05, 4.69) is 35.1 Å². The minimum absolute atomic E-state index is 0.572. The van der Waals surface area contributed by atoms with Crippen LogP contribution in [0.15, 0.2) is 4.47 Å². The number of anilines is 1. The van der Waals surface area contributed by atoms with E-state index in [1.807, 2.05) is 0 Å². The number of halogens is 1. The lowest BCUT2D eigenvalue weighted by Gasteiger charge is -2.15. The maximum atomic E-state index is 4.93. The molecule has 2 atom stereocenters. The molecule has 0 radical (unpaired) electrons. The first-order chi connectivity index (χ1) is 9.72. The van der Waals surface area contributed by atoms with Crippen LogP contribution in [0.5, 0.6) is 0 Å². The van der Waals surface area contributed by atoms with E-state index in [9.17, 15) is 0 Å². The molecule has 2 aliphatic carbocycles. The summed E-state index contributed by atoms with van der Waals surface area (Å²) in [6.45, 7) is 5.32. The second-order valence-electron chi connectivity index (χ2n) is 6.22. The molecule has 3 rings (SSSR count). The minimum atomic E-state index is 0.572. The van der Waals surface area contributed by atoms with Gasteiger partial charge < -0.3 is 5.32 Å². The Bertz CT molecular complexity index is 485. The molecule has 0 bridgehead atoms. The summed E-state index contributed by atoms with van der Waals surface area (Å²) in [7, 11) is 0. The maximum absolute atomic E-state index is 4.93. The summed E-state index contributed by atoms with van der Waals surface area (Å²) in [5, 5.41) is 3.39. The van der Waals surface area contributed by atoms with E-state index in [4.69, 9.17) is 9.97 Å². The first-order valence-corrected chi connectivity index (χ1v) is 8.83. The molecule has 0 saturated heterocycles. The highest BCUT2D eigenvalue weighted by Gasteiger charge is 2.32. The molecule has 0 spiro atoms. The topological polar surface area (TPSA) is 37.8 Å². The van der Waals surface area contributed by atoms with Crippen LogP contribution >= 0.6 is 15.9 Å². The first kappa shape index (κ1) is 14.3. The summed E-state index contributed by atoms with van der Waals surface area (Å²) >= 11 is 3.70. The van der Waals surface area contributed by atoms with E-state index < -0.39 is 0 Å². The zero-order chi connectivity index (χ0) is 14.1. The highest BCUT2D eigenvalue weighted by Crippen LogP contribution is 2.45. The number of nitrogens with one attached hydrogen (secondary N) is 1. The molecule has 110 valence electrons. The van der Waals surface area contributed by atoms with E-state index >= 15 is 0 Å². The van der Waals surface area contributed by atoms with E-state index in [1.165, 1.54) is 44.2 Å². The Morgan fingerprint density at radius 3 is 2.45 bits per heavy atom. The predicted octanol–water partition coefficient (Wildman–Crippen LogP) is 4.84. The molecule has 0 aliphatic heterocycles. The van der Waals surface area contributed by atoms with Gasteiger partial charge in [-0.05, 0) is 60.9 Å². The van der Waals surface area contributed by atoms with E-state index in [-0.39, 0.29) is 0 Å². The molecule has 0 aromatic carbocycles. The number of hydrogen-bond acceptors (Lipinski definition) is 3. The summed E-state index contributed by atoms with van der Waals surface area (Å²) in [6.07, 6.45) is 7.73. The van der Waals surface area contributed by atoms with Gasteiger partial charge >= 0.3 is 0 Å². The second-order valence-corrected chi connectivity index (χ2v) is 7.01. The largest absolute Gasteiger partial charge is 0.369 e. The van der Waals surface area contributed by atoms with Crippen LogP contribution in [0.2, 0.25) is 0 Å². The fourth-order valence-electron chi connectivity index (χ4n) is 3.26. The molecule has 1 aromatic heterocycles. The lowest BCUT2D eigenvalue weighted by atomic mass is 10.0. The molecule has 1 aromatic rings. The second kappa shape index (κ2) is 6.00. The first-order valence-electron chi connectivity index (χ1n) is 8.04. The van der Waals surface area contributed by atoms with Gasteiger partial charge in [0.15, 0.2) is 0 Å². The van der Waals surface area contributed by atoms with Crippen molar-refractivity contribution in [2.75, 3.05) is 11.9 Å². The number of nitrogens with zero attached hydrogens (tertiary/aromatic N) is 2. The standard InChI is InChI=1S/C16H24BrN3/c1-3-10-5-6-12(9-10)15-19-14(11-7-8-11)13(17)16(20-15)18-4-2/h10-12H,3-9H2,1-2H3,(H,18,19,20). The number of rotatable bonds is 5. The Labute approximate surface area is 130 Å². The van der Waals surface area contributed by atoms with E-state index in [0.29, 0.717) is 11.8 Å². The summed E-state index contributed by atoms with van der Waals surface area (Å²) in [6, 6.07) is 0. The number of aromatic nitrogens is 2. The Morgan fingerprint density at radius 1 is 1.10 bits per heavy atom. The average Bonchev–Trinajstić information content (AvgIpc) is 3.18. The van der Waals surface area contributed by atoms with Crippen molar-refractivity contribution < 1.29 is 0 Å². The van der Waals surface area contributed by atoms with Crippen LogP contribution in [0.1, 0.15) is 75.7 Å². The Kier molecular flexibility index (Phi) is 4.29. The van der Waals surface area contributed by atoms with Gasteiger partial charge in [0.05, 0.1) is 10.2 Å². The van der Waals surface area contributed by atoms with Crippen molar-refractivity contribution in [3.63, 3.8) is 0 Å². The van der Waals surface area contributed by atoms with Crippen molar-refractivity contribution in [3.8, 4) is 0 Å².